The first-order chi connectivity index (χ1) is 9.83. The number of benzene rings is 1. The van der Waals surface area contributed by atoms with E-state index in [9.17, 15) is 0 Å². The molecule has 1 aromatic carbocycles. The van der Waals surface area contributed by atoms with Crippen LogP contribution < -0.4 is 10.1 Å². The molecule has 1 aliphatic rings. The van der Waals surface area contributed by atoms with Crippen molar-refractivity contribution < 1.29 is 4.74 Å². The standard InChI is InChI=1S/C16H23N3O/c1-2-8-18-15(12-17)7-9-19-10-11-20-16-6-4-3-5-14(16)13-19/h3-6,15,18H,2,7-11,13H2,1H3. The summed E-state index contributed by atoms with van der Waals surface area (Å²) in [6.45, 7) is 6.49. The van der Waals surface area contributed by atoms with Crippen molar-refractivity contribution in [2.24, 2.45) is 0 Å². The molecule has 0 amide bonds. The van der Waals surface area contributed by atoms with E-state index in [1.165, 1.54) is 5.56 Å². The molecule has 0 spiro atoms. The van der Waals surface area contributed by atoms with Crippen LogP contribution in [0.2, 0.25) is 0 Å². The van der Waals surface area contributed by atoms with E-state index >= 15 is 0 Å². The summed E-state index contributed by atoms with van der Waals surface area (Å²) in [5.74, 6) is 0.996. The molecular formula is C16H23N3O. The Kier molecular flexibility index (Phi) is 5.85. The Bertz CT molecular complexity index is 455. The van der Waals surface area contributed by atoms with Gasteiger partial charge in [-0.3, -0.25) is 4.90 Å². The van der Waals surface area contributed by atoms with Gasteiger partial charge in [0.05, 0.1) is 12.1 Å². The molecule has 108 valence electrons. The van der Waals surface area contributed by atoms with Crippen LogP contribution in [0.1, 0.15) is 25.3 Å². The van der Waals surface area contributed by atoms with Crippen LogP contribution in [-0.2, 0) is 6.54 Å². The molecule has 4 heteroatoms. The van der Waals surface area contributed by atoms with E-state index in [0.29, 0.717) is 0 Å². The van der Waals surface area contributed by atoms with Gasteiger partial charge in [0.1, 0.15) is 12.4 Å². The predicted octanol–water partition coefficient (Wildman–Crippen LogP) is 2.16. The summed E-state index contributed by atoms with van der Waals surface area (Å²) >= 11 is 0. The normalized spacial score (nSPS) is 16.6. The van der Waals surface area contributed by atoms with Gasteiger partial charge in [0.15, 0.2) is 0 Å². The minimum Gasteiger partial charge on any atom is -0.492 e. The van der Waals surface area contributed by atoms with E-state index in [1.54, 1.807) is 0 Å². The molecule has 1 aromatic rings. The first-order valence-electron chi connectivity index (χ1n) is 7.39. The van der Waals surface area contributed by atoms with Crippen LogP contribution in [0.25, 0.3) is 0 Å². The highest BCUT2D eigenvalue weighted by molar-refractivity contribution is 5.33. The van der Waals surface area contributed by atoms with Crippen molar-refractivity contribution >= 4 is 0 Å². The van der Waals surface area contributed by atoms with E-state index in [0.717, 1.165) is 51.4 Å². The number of rotatable bonds is 6. The van der Waals surface area contributed by atoms with E-state index in [1.807, 2.05) is 18.2 Å². The van der Waals surface area contributed by atoms with Gasteiger partial charge in [0, 0.05) is 25.2 Å². The third-order valence-corrected chi connectivity index (χ3v) is 3.56. The first kappa shape index (κ1) is 14.8. The van der Waals surface area contributed by atoms with Gasteiger partial charge >= 0.3 is 0 Å². The predicted molar refractivity (Wildman–Crippen MR) is 79.5 cm³/mol. The van der Waals surface area contributed by atoms with Crippen molar-refractivity contribution in [3.8, 4) is 11.8 Å². The molecule has 20 heavy (non-hydrogen) atoms. The van der Waals surface area contributed by atoms with Gasteiger partial charge in [-0.05, 0) is 25.5 Å². The molecule has 4 nitrogen and oxygen atoms in total. The third-order valence-electron chi connectivity index (χ3n) is 3.56. The van der Waals surface area contributed by atoms with Gasteiger partial charge in [-0.25, -0.2) is 0 Å². The zero-order valence-corrected chi connectivity index (χ0v) is 12.1. The van der Waals surface area contributed by atoms with Crippen molar-refractivity contribution in [3.05, 3.63) is 29.8 Å². The SMILES string of the molecule is CCCNC(C#N)CCN1CCOc2ccccc2C1. The summed E-state index contributed by atoms with van der Waals surface area (Å²) in [5.41, 5.74) is 1.24. The zero-order valence-electron chi connectivity index (χ0n) is 12.1. The van der Waals surface area contributed by atoms with E-state index in [-0.39, 0.29) is 6.04 Å². The van der Waals surface area contributed by atoms with Crippen LogP contribution in [0.3, 0.4) is 0 Å². The fourth-order valence-electron chi connectivity index (χ4n) is 2.41. The number of fused-ring (bicyclic) bond motifs is 1. The fourth-order valence-corrected chi connectivity index (χ4v) is 2.41. The topological polar surface area (TPSA) is 48.3 Å². The quantitative estimate of drug-likeness (QED) is 0.863. The van der Waals surface area contributed by atoms with Gasteiger partial charge in [0.25, 0.3) is 0 Å². The van der Waals surface area contributed by atoms with Crippen molar-refractivity contribution in [2.45, 2.75) is 32.4 Å². The average Bonchev–Trinajstić information content (AvgIpc) is 2.69. The lowest BCUT2D eigenvalue weighted by Gasteiger charge is -2.21. The number of nitrogens with zero attached hydrogens (tertiary/aromatic N) is 2. The summed E-state index contributed by atoms with van der Waals surface area (Å²) < 4.78 is 5.75. The number of nitrogens with one attached hydrogen (secondary N) is 1. The lowest BCUT2D eigenvalue weighted by atomic mass is 10.1. The molecule has 0 aliphatic carbocycles. The molecule has 0 saturated carbocycles. The summed E-state index contributed by atoms with van der Waals surface area (Å²) in [4.78, 5) is 2.36. The van der Waals surface area contributed by atoms with Crippen LogP contribution in [0, 0.1) is 11.3 Å². The van der Waals surface area contributed by atoms with Crippen LogP contribution in [-0.4, -0.2) is 37.2 Å². The molecule has 1 N–H and O–H groups in total. The molecule has 1 heterocycles. The van der Waals surface area contributed by atoms with Crippen LogP contribution in [0.5, 0.6) is 5.75 Å². The Morgan fingerprint density at radius 1 is 1.45 bits per heavy atom. The highest BCUT2D eigenvalue weighted by Crippen LogP contribution is 2.22. The molecule has 1 unspecified atom stereocenters. The molecule has 1 atom stereocenters. The van der Waals surface area contributed by atoms with E-state index < -0.39 is 0 Å². The van der Waals surface area contributed by atoms with Crippen molar-refractivity contribution in [1.29, 1.82) is 5.26 Å². The van der Waals surface area contributed by atoms with Crippen LogP contribution in [0.15, 0.2) is 24.3 Å². The molecule has 0 saturated heterocycles. The maximum Gasteiger partial charge on any atom is 0.123 e. The summed E-state index contributed by atoms with van der Waals surface area (Å²) in [6, 6.07) is 10.5. The number of hydrogen-bond donors (Lipinski definition) is 1. The Hall–Kier alpha value is -1.57. The second-order valence-electron chi connectivity index (χ2n) is 5.16. The zero-order chi connectivity index (χ0) is 14.2. The maximum absolute atomic E-state index is 9.14. The Labute approximate surface area is 121 Å². The summed E-state index contributed by atoms with van der Waals surface area (Å²) in [6.07, 6.45) is 1.92. The third kappa shape index (κ3) is 4.22. The molecular weight excluding hydrogens is 250 g/mol. The second-order valence-corrected chi connectivity index (χ2v) is 5.16. The van der Waals surface area contributed by atoms with Gasteiger partial charge in [-0.2, -0.15) is 5.26 Å². The van der Waals surface area contributed by atoms with Crippen LogP contribution >= 0.6 is 0 Å². The smallest absolute Gasteiger partial charge is 0.123 e. The van der Waals surface area contributed by atoms with Gasteiger partial charge in [0.2, 0.25) is 0 Å². The average molecular weight is 273 g/mol. The second kappa shape index (κ2) is 7.88. The highest BCUT2D eigenvalue weighted by Gasteiger charge is 2.16. The van der Waals surface area contributed by atoms with Crippen molar-refractivity contribution in [2.75, 3.05) is 26.2 Å². The van der Waals surface area contributed by atoms with E-state index in [4.69, 9.17) is 10.00 Å². The lowest BCUT2D eigenvalue weighted by Crippen LogP contribution is -2.34. The Morgan fingerprint density at radius 3 is 3.10 bits per heavy atom. The highest BCUT2D eigenvalue weighted by atomic mass is 16.5. The molecule has 1 aliphatic heterocycles. The summed E-state index contributed by atoms with van der Waals surface area (Å²) in [7, 11) is 0. The van der Waals surface area contributed by atoms with E-state index in [2.05, 4.69) is 29.3 Å². The van der Waals surface area contributed by atoms with Gasteiger partial charge in [-0.15, -0.1) is 0 Å². The minimum absolute atomic E-state index is 0.0469. The van der Waals surface area contributed by atoms with Crippen LogP contribution in [0.4, 0.5) is 0 Å². The minimum atomic E-state index is -0.0469. The number of para-hydroxylation sites is 1. The fraction of sp³-hybridized carbons (Fsp3) is 0.562. The van der Waals surface area contributed by atoms with Gasteiger partial charge < -0.3 is 10.1 Å². The van der Waals surface area contributed by atoms with Crippen molar-refractivity contribution in [3.63, 3.8) is 0 Å². The lowest BCUT2D eigenvalue weighted by molar-refractivity contribution is 0.220. The number of hydrogen-bond acceptors (Lipinski definition) is 4. The molecule has 0 bridgehead atoms. The molecule has 0 aromatic heterocycles. The molecule has 0 radical (unpaired) electrons. The number of ether oxygens (including phenoxy) is 1. The monoisotopic (exact) mass is 273 g/mol. The van der Waals surface area contributed by atoms with Gasteiger partial charge in [-0.1, -0.05) is 25.1 Å². The Balaban J connectivity index is 1.86. The number of nitriles is 1. The molecule has 0 fully saturated rings. The maximum atomic E-state index is 9.14. The summed E-state index contributed by atoms with van der Waals surface area (Å²) in [5, 5.41) is 12.4. The largest absolute Gasteiger partial charge is 0.492 e. The van der Waals surface area contributed by atoms with Crippen molar-refractivity contribution in [1.82, 2.24) is 10.2 Å². The first-order valence-corrected chi connectivity index (χ1v) is 7.39. The molecule has 2 rings (SSSR count). The Morgan fingerprint density at radius 2 is 2.30 bits per heavy atom.